The van der Waals surface area contributed by atoms with E-state index in [1.165, 1.54) is 7.11 Å². The van der Waals surface area contributed by atoms with Gasteiger partial charge in [-0.25, -0.2) is 13.4 Å². The highest BCUT2D eigenvalue weighted by Gasteiger charge is 2.23. The lowest BCUT2D eigenvalue weighted by Gasteiger charge is -2.24. The van der Waals surface area contributed by atoms with Crippen molar-refractivity contribution in [1.29, 1.82) is 0 Å². The molecule has 2 aromatic heterocycles. The number of carbonyl (C=O) groups is 1. The van der Waals surface area contributed by atoms with E-state index in [-0.39, 0.29) is 16.9 Å². The van der Waals surface area contributed by atoms with Gasteiger partial charge in [-0.3, -0.25) is 14.6 Å². The van der Waals surface area contributed by atoms with Crippen molar-refractivity contribution in [2.75, 3.05) is 55.9 Å². The predicted molar refractivity (Wildman–Crippen MR) is 175 cm³/mol. The Kier molecular flexibility index (Phi) is 9.59. The lowest BCUT2D eigenvalue weighted by Crippen LogP contribution is -2.21. The molecule has 0 saturated heterocycles. The lowest BCUT2D eigenvalue weighted by molar-refractivity contribution is 0.102. The van der Waals surface area contributed by atoms with Gasteiger partial charge in [0.2, 0.25) is 10.0 Å². The quantitative estimate of drug-likeness (QED) is 0.186. The summed E-state index contributed by atoms with van der Waals surface area (Å²) in [6.45, 7) is 9.59. The second kappa shape index (κ2) is 13.0. The van der Waals surface area contributed by atoms with Gasteiger partial charge in [0.25, 0.3) is 5.91 Å². The van der Waals surface area contributed by atoms with Crippen LogP contribution in [0.15, 0.2) is 48.7 Å². The Balaban J connectivity index is 1.65. The first-order valence-electron chi connectivity index (χ1n) is 14.0. The number of rotatable bonds is 11. The standard InChI is InChI=1S/C31H40N8O4S/c1-19-9-10-20(30(40)34-24-16-22(31(2,3)4)17-25(29(24)43-7)37-44(8,41)42)15-23(19)28-27(35-38-36-28)21-11-12-26(33-18-21)32-13-14-39(5)6/h9-12,15-18,37H,13-14H2,1-8H3,(H,32,33)(H,34,40)(H,35,36,38). The number of pyridine rings is 1. The molecule has 0 fully saturated rings. The Morgan fingerprint density at radius 2 is 1.80 bits per heavy atom. The molecule has 0 radical (unpaired) electrons. The number of hydrogen-bond acceptors (Lipinski definition) is 9. The fraction of sp³-hybridized carbons (Fsp3) is 0.355. The first-order chi connectivity index (χ1) is 20.7. The molecule has 44 heavy (non-hydrogen) atoms. The van der Waals surface area contributed by atoms with Gasteiger partial charge in [-0.15, -0.1) is 5.10 Å². The van der Waals surface area contributed by atoms with Crippen LogP contribution in [0.4, 0.5) is 17.2 Å². The van der Waals surface area contributed by atoms with Gasteiger partial charge < -0.3 is 20.3 Å². The summed E-state index contributed by atoms with van der Waals surface area (Å²) in [5.41, 5.74) is 5.13. The number of aryl methyl sites for hydroxylation is 1. The smallest absolute Gasteiger partial charge is 0.255 e. The van der Waals surface area contributed by atoms with Crippen molar-refractivity contribution in [3.63, 3.8) is 0 Å². The normalized spacial score (nSPS) is 11.8. The molecule has 0 bridgehead atoms. The molecular formula is C31H40N8O4S. The molecule has 0 spiro atoms. The summed E-state index contributed by atoms with van der Waals surface area (Å²) in [5.74, 6) is 0.567. The maximum atomic E-state index is 13.6. The molecule has 0 unspecified atom stereocenters. The number of hydrogen-bond donors (Lipinski definition) is 4. The molecule has 0 atom stereocenters. The molecule has 12 nitrogen and oxygen atoms in total. The minimum atomic E-state index is -3.61. The molecule has 1 amide bonds. The van der Waals surface area contributed by atoms with E-state index in [2.05, 4.69) is 40.7 Å². The molecule has 4 rings (SSSR count). The molecule has 0 aliphatic heterocycles. The third-order valence-electron chi connectivity index (χ3n) is 6.92. The number of sulfonamides is 1. The van der Waals surface area contributed by atoms with Crippen LogP contribution in [0.1, 0.15) is 42.3 Å². The summed E-state index contributed by atoms with van der Waals surface area (Å²) >= 11 is 0. The third-order valence-corrected chi connectivity index (χ3v) is 7.51. The summed E-state index contributed by atoms with van der Waals surface area (Å²) in [4.78, 5) is 20.2. The number of anilines is 3. The van der Waals surface area contributed by atoms with Gasteiger partial charge in [0.05, 0.1) is 30.4 Å². The van der Waals surface area contributed by atoms with Crippen LogP contribution in [0.5, 0.6) is 5.75 Å². The SMILES string of the molecule is COc1c(NC(=O)c2ccc(C)c(-c3[nH]nnc3-c3ccc(NCCN(C)C)nc3)c2)cc(C(C)(C)C)cc1NS(C)(=O)=O. The first-order valence-corrected chi connectivity index (χ1v) is 15.9. The highest BCUT2D eigenvalue weighted by molar-refractivity contribution is 7.92. The van der Waals surface area contributed by atoms with Crippen LogP contribution in [-0.4, -0.2) is 80.2 Å². The minimum Gasteiger partial charge on any atom is -0.492 e. The predicted octanol–water partition coefficient (Wildman–Crippen LogP) is 4.75. The van der Waals surface area contributed by atoms with Crippen LogP contribution in [-0.2, 0) is 15.4 Å². The van der Waals surface area contributed by atoms with E-state index < -0.39 is 15.9 Å². The second-order valence-corrected chi connectivity index (χ2v) is 13.7. The zero-order valence-electron chi connectivity index (χ0n) is 26.4. The van der Waals surface area contributed by atoms with E-state index in [0.29, 0.717) is 22.6 Å². The third kappa shape index (κ3) is 7.91. The Labute approximate surface area is 258 Å². The van der Waals surface area contributed by atoms with E-state index in [4.69, 9.17) is 4.74 Å². The molecule has 0 aliphatic carbocycles. The zero-order chi connectivity index (χ0) is 32.2. The van der Waals surface area contributed by atoms with Crippen molar-refractivity contribution in [2.24, 2.45) is 0 Å². The zero-order valence-corrected chi connectivity index (χ0v) is 27.2. The Morgan fingerprint density at radius 1 is 1.07 bits per heavy atom. The molecule has 0 aliphatic rings. The van der Waals surface area contributed by atoms with Gasteiger partial charge in [-0.2, -0.15) is 0 Å². The topological polar surface area (TPSA) is 154 Å². The van der Waals surface area contributed by atoms with E-state index in [0.717, 1.165) is 47.4 Å². The number of methoxy groups -OCH3 is 1. The number of nitrogens with one attached hydrogen (secondary N) is 4. The average Bonchev–Trinajstić information content (AvgIpc) is 3.42. The van der Waals surface area contributed by atoms with Gasteiger partial charge in [0.15, 0.2) is 5.75 Å². The van der Waals surface area contributed by atoms with Crippen LogP contribution in [0.3, 0.4) is 0 Å². The number of carbonyl (C=O) groups excluding carboxylic acids is 1. The van der Waals surface area contributed by atoms with Crippen molar-refractivity contribution in [3.05, 3.63) is 65.4 Å². The summed E-state index contributed by atoms with van der Waals surface area (Å²) in [7, 11) is 1.85. The number of likely N-dealkylation sites (N-methyl/N-ethyl adjacent to an activating group) is 1. The molecule has 2 heterocycles. The summed E-state index contributed by atoms with van der Waals surface area (Å²) in [6.07, 6.45) is 2.80. The van der Waals surface area contributed by atoms with Crippen LogP contribution >= 0.6 is 0 Å². The van der Waals surface area contributed by atoms with E-state index in [9.17, 15) is 13.2 Å². The number of benzene rings is 2. The van der Waals surface area contributed by atoms with Gasteiger partial charge in [0, 0.05) is 36.0 Å². The van der Waals surface area contributed by atoms with Crippen molar-refractivity contribution in [1.82, 2.24) is 25.3 Å². The van der Waals surface area contributed by atoms with Crippen molar-refractivity contribution in [3.8, 4) is 28.3 Å². The van der Waals surface area contributed by atoms with E-state index in [1.807, 2.05) is 60.0 Å². The number of aromatic nitrogens is 4. The van der Waals surface area contributed by atoms with Crippen molar-refractivity contribution >= 4 is 33.1 Å². The van der Waals surface area contributed by atoms with E-state index in [1.54, 1.807) is 30.5 Å². The number of aromatic amines is 1. The molecule has 4 N–H and O–H groups in total. The van der Waals surface area contributed by atoms with Crippen LogP contribution in [0.2, 0.25) is 0 Å². The van der Waals surface area contributed by atoms with Gasteiger partial charge >= 0.3 is 0 Å². The van der Waals surface area contributed by atoms with Crippen LogP contribution in [0.25, 0.3) is 22.5 Å². The average molecular weight is 621 g/mol. The maximum absolute atomic E-state index is 13.6. The molecule has 234 valence electrons. The molecule has 0 saturated carbocycles. The second-order valence-electron chi connectivity index (χ2n) is 11.9. The lowest BCUT2D eigenvalue weighted by atomic mass is 9.86. The van der Waals surface area contributed by atoms with Crippen molar-refractivity contribution in [2.45, 2.75) is 33.1 Å². The van der Waals surface area contributed by atoms with Gasteiger partial charge in [-0.1, -0.05) is 32.1 Å². The Hall–Kier alpha value is -4.49. The number of nitrogens with zero attached hydrogens (tertiary/aromatic N) is 4. The number of amides is 1. The summed E-state index contributed by atoms with van der Waals surface area (Å²) in [6, 6.07) is 12.7. The monoisotopic (exact) mass is 620 g/mol. The largest absolute Gasteiger partial charge is 0.492 e. The maximum Gasteiger partial charge on any atom is 0.255 e. The van der Waals surface area contributed by atoms with Crippen LogP contribution in [0, 0.1) is 6.92 Å². The van der Waals surface area contributed by atoms with E-state index >= 15 is 0 Å². The Morgan fingerprint density at radius 3 is 2.41 bits per heavy atom. The highest BCUT2D eigenvalue weighted by atomic mass is 32.2. The minimum absolute atomic E-state index is 0.205. The summed E-state index contributed by atoms with van der Waals surface area (Å²) < 4.78 is 32.3. The van der Waals surface area contributed by atoms with Crippen molar-refractivity contribution < 1.29 is 17.9 Å². The van der Waals surface area contributed by atoms with Gasteiger partial charge in [-0.05, 0) is 74.0 Å². The number of ether oxygens (including phenoxy) is 1. The fourth-order valence-electron chi connectivity index (χ4n) is 4.54. The molecular weight excluding hydrogens is 580 g/mol. The molecule has 2 aromatic carbocycles. The Bertz CT molecular complexity index is 1740. The van der Waals surface area contributed by atoms with Crippen LogP contribution < -0.4 is 20.1 Å². The molecule has 4 aromatic rings. The first kappa shape index (κ1) is 32.4. The molecule has 13 heteroatoms. The summed E-state index contributed by atoms with van der Waals surface area (Å²) in [5, 5.41) is 17.6. The highest BCUT2D eigenvalue weighted by Crippen LogP contribution is 2.39. The fourth-order valence-corrected chi connectivity index (χ4v) is 5.09. The van der Waals surface area contributed by atoms with Gasteiger partial charge in [0.1, 0.15) is 11.5 Å². The number of H-pyrrole nitrogens is 1.